The van der Waals surface area contributed by atoms with Crippen molar-refractivity contribution in [2.45, 2.75) is 43.9 Å². The molecule has 0 radical (unpaired) electrons. The fraction of sp³-hybridized carbons (Fsp3) is 0.310. The molecule has 40 heavy (non-hydrogen) atoms. The summed E-state index contributed by atoms with van der Waals surface area (Å²) in [6.45, 7) is 1.09. The summed E-state index contributed by atoms with van der Waals surface area (Å²) in [5.74, 6) is -1.71. The maximum Gasteiger partial charge on any atom is 0.253 e. The van der Waals surface area contributed by atoms with E-state index in [2.05, 4.69) is 10.3 Å². The van der Waals surface area contributed by atoms with Crippen LogP contribution in [-0.2, 0) is 6.54 Å². The Morgan fingerprint density at radius 3 is 2.62 bits per heavy atom. The molecule has 1 unspecified atom stereocenters. The minimum atomic E-state index is -0.923. The normalized spacial score (nSPS) is 18.1. The number of likely N-dealkylation sites (tertiary alicyclic amines) is 1. The number of hydrogen-bond donors (Lipinski definition) is 2. The van der Waals surface area contributed by atoms with E-state index in [1.54, 1.807) is 35.2 Å². The van der Waals surface area contributed by atoms with Gasteiger partial charge in [-0.1, -0.05) is 28.9 Å². The highest BCUT2D eigenvalue weighted by atomic mass is 35.5. The van der Waals surface area contributed by atoms with Gasteiger partial charge in [0.1, 0.15) is 27.9 Å². The number of nitrogens with two attached hydrogens (primary N) is 1. The van der Waals surface area contributed by atoms with E-state index in [-0.39, 0.29) is 40.2 Å². The standard InChI is InChI=1S/C29H25ClF2N6O2/c30-25-26(32)22(12-24-27(25)38(36-35-24)15-29(40)7-1-8-29)20-5-4-17(28(39)37-9-6-19(34)14-37)10-21(20)16-2-3-18(13-33)23(31)11-16/h2-5,10-12,19,40H,1,6-9,14-15,34H2. The number of carbonyl (C=O) groups excluding carboxylic acids is 1. The Morgan fingerprint density at radius 2 is 1.98 bits per heavy atom. The number of fused-ring (bicyclic) bond motifs is 1. The lowest BCUT2D eigenvalue weighted by molar-refractivity contribution is -0.0492. The van der Waals surface area contributed by atoms with Crippen LogP contribution in [0.2, 0.25) is 5.02 Å². The average Bonchev–Trinajstić information content (AvgIpc) is 3.55. The molecule has 1 aliphatic heterocycles. The Hall–Kier alpha value is -3.91. The zero-order valence-corrected chi connectivity index (χ0v) is 22.1. The number of amides is 1. The van der Waals surface area contributed by atoms with Gasteiger partial charge in [-0.3, -0.25) is 4.79 Å². The monoisotopic (exact) mass is 562 g/mol. The second-order valence-electron chi connectivity index (χ2n) is 10.6. The number of aromatic nitrogens is 3. The van der Waals surface area contributed by atoms with E-state index >= 15 is 4.39 Å². The van der Waals surface area contributed by atoms with Gasteiger partial charge in [0.05, 0.1) is 17.7 Å². The molecule has 1 aromatic heterocycles. The average molecular weight is 563 g/mol. The van der Waals surface area contributed by atoms with Crippen LogP contribution in [0.25, 0.3) is 33.3 Å². The molecule has 204 valence electrons. The van der Waals surface area contributed by atoms with E-state index < -0.39 is 17.2 Å². The van der Waals surface area contributed by atoms with Crippen LogP contribution in [0.3, 0.4) is 0 Å². The Morgan fingerprint density at radius 1 is 1.18 bits per heavy atom. The first-order valence-electron chi connectivity index (χ1n) is 13.0. The summed E-state index contributed by atoms with van der Waals surface area (Å²) >= 11 is 6.54. The lowest BCUT2D eigenvalue weighted by atomic mass is 9.80. The van der Waals surface area contributed by atoms with E-state index in [4.69, 9.17) is 17.3 Å². The van der Waals surface area contributed by atoms with Gasteiger partial charge < -0.3 is 15.7 Å². The molecule has 8 nitrogen and oxygen atoms in total. The van der Waals surface area contributed by atoms with Crippen molar-refractivity contribution >= 4 is 28.5 Å². The van der Waals surface area contributed by atoms with Crippen LogP contribution in [-0.4, -0.2) is 55.6 Å². The smallest absolute Gasteiger partial charge is 0.253 e. The second kappa shape index (κ2) is 9.93. The summed E-state index contributed by atoms with van der Waals surface area (Å²) in [5.41, 5.74) is 7.04. The van der Waals surface area contributed by atoms with E-state index in [0.717, 1.165) is 6.42 Å². The van der Waals surface area contributed by atoms with Crippen molar-refractivity contribution in [3.8, 4) is 28.3 Å². The quantitative estimate of drug-likeness (QED) is 0.365. The van der Waals surface area contributed by atoms with Gasteiger partial charge in [-0.15, -0.1) is 5.10 Å². The van der Waals surface area contributed by atoms with Gasteiger partial charge in [-0.2, -0.15) is 5.26 Å². The molecule has 4 aromatic rings. The van der Waals surface area contributed by atoms with Crippen molar-refractivity contribution in [3.63, 3.8) is 0 Å². The van der Waals surface area contributed by atoms with Gasteiger partial charge in [0.25, 0.3) is 5.91 Å². The summed E-state index contributed by atoms with van der Waals surface area (Å²) < 4.78 is 32.1. The SMILES string of the molecule is N#Cc1ccc(-c2cc(C(=O)N3CCC(N)C3)ccc2-c2cc3nnn(CC4(O)CCC4)c3c(Cl)c2F)cc1F. The van der Waals surface area contributed by atoms with Crippen LogP contribution in [0.15, 0.2) is 42.5 Å². The molecule has 2 aliphatic rings. The maximum atomic E-state index is 16.0. The molecule has 1 aliphatic carbocycles. The van der Waals surface area contributed by atoms with E-state index in [1.807, 2.05) is 0 Å². The van der Waals surface area contributed by atoms with Crippen molar-refractivity contribution in [2.75, 3.05) is 13.1 Å². The van der Waals surface area contributed by atoms with Crippen LogP contribution < -0.4 is 5.73 Å². The Balaban J connectivity index is 1.49. The van der Waals surface area contributed by atoms with Crippen LogP contribution in [0, 0.1) is 23.0 Å². The number of carbonyl (C=O) groups is 1. The third-order valence-electron chi connectivity index (χ3n) is 7.88. The Bertz CT molecular complexity index is 1710. The first kappa shape index (κ1) is 26.3. The van der Waals surface area contributed by atoms with E-state index in [0.29, 0.717) is 60.1 Å². The predicted octanol–water partition coefficient (Wildman–Crippen LogP) is 4.66. The third kappa shape index (κ3) is 4.50. The van der Waals surface area contributed by atoms with Crippen LogP contribution in [0.1, 0.15) is 41.6 Å². The largest absolute Gasteiger partial charge is 0.388 e. The van der Waals surface area contributed by atoms with Crippen molar-refractivity contribution < 1.29 is 18.7 Å². The van der Waals surface area contributed by atoms with Crippen molar-refractivity contribution in [3.05, 3.63) is 70.2 Å². The number of nitrogens with zero attached hydrogens (tertiary/aromatic N) is 5. The lowest BCUT2D eigenvalue weighted by Gasteiger charge is -2.36. The van der Waals surface area contributed by atoms with Gasteiger partial charge in [0, 0.05) is 30.3 Å². The lowest BCUT2D eigenvalue weighted by Crippen LogP contribution is -2.41. The second-order valence-corrected chi connectivity index (χ2v) is 11.0. The highest BCUT2D eigenvalue weighted by molar-refractivity contribution is 6.35. The number of rotatable bonds is 5. The number of nitriles is 1. The highest BCUT2D eigenvalue weighted by Gasteiger charge is 2.36. The van der Waals surface area contributed by atoms with E-state index in [9.17, 15) is 19.6 Å². The molecule has 1 saturated carbocycles. The number of halogens is 3. The first-order chi connectivity index (χ1) is 19.2. The zero-order valence-electron chi connectivity index (χ0n) is 21.4. The molecule has 3 aromatic carbocycles. The Labute approximate surface area is 233 Å². The fourth-order valence-corrected chi connectivity index (χ4v) is 5.77. The van der Waals surface area contributed by atoms with Crippen LogP contribution in [0.4, 0.5) is 8.78 Å². The molecule has 0 bridgehead atoms. The first-order valence-corrected chi connectivity index (χ1v) is 13.4. The minimum Gasteiger partial charge on any atom is -0.388 e. The summed E-state index contributed by atoms with van der Waals surface area (Å²) in [5, 5.41) is 27.9. The Kier molecular flexibility index (Phi) is 6.53. The molecular formula is C29H25ClF2N6O2. The molecule has 1 atom stereocenters. The molecule has 11 heteroatoms. The third-order valence-corrected chi connectivity index (χ3v) is 8.22. The van der Waals surface area contributed by atoms with Crippen molar-refractivity contribution in [1.29, 1.82) is 5.26 Å². The fourth-order valence-electron chi connectivity index (χ4n) is 5.48. The van der Waals surface area contributed by atoms with Gasteiger partial charge in [-0.05, 0) is 72.7 Å². The number of benzene rings is 3. The van der Waals surface area contributed by atoms with Crippen LogP contribution in [0.5, 0.6) is 0 Å². The molecule has 0 spiro atoms. The van der Waals surface area contributed by atoms with Crippen LogP contribution >= 0.6 is 11.6 Å². The summed E-state index contributed by atoms with van der Waals surface area (Å²) in [7, 11) is 0. The minimum absolute atomic E-state index is 0.0915. The summed E-state index contributed by atoms with van der Waals surface area (Å²) in [4.78, 5) is 14.9. The van der Waals surface area contributed by atoms with Crippen molar-refractivity contribution in [1.82, 2.24) is 19.9 Å². The maximum absolute atomic E-state index is 16.0. The predicted molar refractivity (Wildman–Crippen MR) is 145 cm³/mol. The number of hydrogen-bond acceptors (Lipinski definition) is 6. The zero-order chi connectivity index (χ0) is 28.2. The molecule has 6 rings (SSSR count). The van der Waals surface area contributed by atoms with Gasteiger partial charge in [0.15, 0.2) is 5.82 Å². The molecule has 3 N–H and O–H groups in total. The van der Waals surface area contributed by atoms with Gasteiger partial charge in [-0.25, -0.2) is 13.5 Å². The van der Waals surface area contributed by atoms with E-state index in [1.165, 1.54) is 22.9 Å². The summed E-state index contributed by atoms with van der Waals surface area (Å²) in [6.07, 6.45) is 2.83. The molecule has 2 fully saturated rings. The van der Waals surface area contributed by atoms with Gasteiger partial charge in [0.2, 0.25) is 0 Å². The van der Waals surface area contributed by atoms with Crippen molar-refractivity contribution in [2.24, 2.45) is 5.73 Å². The highest BCUT2D eigenvalue weighted by Crippen LogP contribution is 2.41. The molecular weight excluding hydrogens is 538 g/mol. The molecule has 1 amide bonds. The number of aliphatic hydroxyl groups is 1. The van der Waals surface area contributed by atoms with Gasteiger partial charge >= 0.3 is 0 Å². The summed E-state index contributed by atoms with van der Waals surface area (Å²) in [6, 6.07) is 12.0. The molecule has 2 heterocycles. The molecule has 1 saturated heterocycles. The topological polar surface area (TPSA) is 121 Å².